The molecule has 0 radical (unpaired) electrons. The lowest BCUT2D eigenvalue weighted by Gasteiger charge is -2.28. The van der Waals surface area contributed by atoms with Crippen LogP contribution in [0.15, 0.2) is 28.5 Å². The molecule has 1 saturated carbocycles. The summed E-state index contributed by atoms with van der Waals surface area (Å²) in [5.74, 6) is 1.10. The van der Waals surface area contributed by atoms with Crippen molar-refractivity contribution in [2.24, 2.45) is 9.94 Å². The molecule has 3 rings (SSSR count). The number of benzene rings is 1. The highest BCUT2D eigenvalue weighted by atomic mass is 79.9. The van der Waals surface area contributed by atoms with Gasteiger partial charge in [0, 0.05) is 35.6 Å². The average Bonchev–Trinajstić information content (AvgIpc) is 3.12. The van der Waals surface area contributed by atoms with Gasteiger partial charge in [-0.2, -0.15) is 4.02 Å². The SMILES string of the molecule is CC(C)(C)c1cc(C(=O)Cn2ccn(CCC3CCCCC3)/c2=N/Br)cc(C(C)(C)C)c1O. The van der Waals surface area contributed by atoms with Gasteiger partial charge in [-0.15, -0.1) is 0 Å². The van der Waals surface area contributed by atoms with Crippen molar-refractivity contribution in [1.29, 1.82) is 0 Å². The van der Waals surface area contributed by atoms with Gasteiger partial charge in [0.25, 0.3) is 0 Å². The van der Waals surface area contributed by atoms with Crippen molar-refractivity contribution in [2.75, 3.05) is 0 Å². The Morgan fingerprint density at radius 2 is 1.55 bits per heavy atom. The van der Waals surface area contributed by atoms with E-state index >= 15 is 0 Å². The smallest absolute Gasteiger partial charge is 0.217 e. The highest BCUT2D eigenvalue weighted by molar-refractivity contribution is 9.08. The summed E-state index contributed by atoms with van der Waals surface area (Å²) in [5, 5.41) is 11.0. The third-order valence-corrected chi connectivity index (χ3v) is 7.20. The van der Waals surface area contributed by atoms with Crippen LogP contribution in [-0.2, 0) is 23.9 Å². The van der Waals surface area contributed by atoms with Gasteiger partial charge in [-0.3, -0.25) is 4.79 Å². The van der Waals surface area contributed by atoms with E-state index in [4.69, 9.17) is 0 Å². The third kappa shape index (κ3) is 6.20. The van der Waals surface area contributed by atoms with Gasteiger partial charge in [-0.25, -0.2) is 0 Å². The Morgan fingerprint density at radius 1 is 1.00 bits per heavy atom. The molecule has 0 unspecified atom stereocenters. The van der Waals surface area contributed by atoms with Crippen molar-refractivity contribution < 1.29 is 9.90 Å². The van der Waals surface area contributed by atoms with Crippen LogP contribution in [0.25, 0.3) is 0 Å². The number of carbonyl (C=O) groups excluding carboxylic acids is 1. The van der Waals surface area contributed by atoms with Gasteiger partial charge in [0.2, 0.25) is 5.62 Å². The molecular formula is C27H40BrN3O2. The molecule has 1 heterocycles. The number of aromatic nitrogens is 2. The van der Waals surface area contributed by atoms with E-state index in [-0.39, 0.29) is 23.2 Å². The Labute approximate surface area is 207 Å². The second-order valence-corrected chi connectivity index (χ2v) is 12.0. The van der Waals surface area contributed by atoms with Crippen molar-refractivity contribution in [3.63, 3.8) is 0 Å². The van der Waals surface area contributed by atoms with E-state index in [1.165, 1.54) is 32.1 Å². The second-order valence-electron chi connectivity index (χ2n) is 11.6. The summed E-state index contributed by atoms with van der Waals surface area (Å²) >= 11 is 3.27. The predicted octanol–water partition coefficient (Wildman–Crippen LogP) is 6.65. The lowest BCUT2D eigenvalue weighted by molar-refractivity contribution is 0.0970. The fourth-order valence-corrected chi connectivity index (χ4v) is 5.24. The second kappa shape index (κ2) is 10.2. The van der Waals surface area contributed by atoms with E-state index in [0.717, 1.165) is 35.6 Å². The number of phenolic OH excluding ortho intramolecular Hbond substituents is 1. The van der Waals surface area contributed by atoms with E-state index in [0.29, 0.717) is 11.3 Å². The summed E-state index contributed by atoms with van der Waals surface area (Å²) in [6, 6.07) is 3.72. The first kappa shape index (κ1) is 25.8. The van der Waals surface area contributed by atoms with Gasteiger partial charge in [0.15, 0.2) is 5.78 Å². The summed E-state index contributed by atoms with van der Waals surface area (Å²) in [6.45, 7) is 13.5. The Kier molecular flexibility index (Phi) is 7.98. The van der Waals surface area contributed by atoms with Crippen LogP contribution in [0.4, 0.5) is 0 Å². The van der Waals surface area contributed by atoms with Crippen LogP contribution in [0.3, 0.4) is 0 Å². The number of Topliss-reactive ketones (excluding diaryl/α,β-unsaturated/α-hetero) is 1. The molecule has 0 atom stereocenters. The highest BCUT2D eigenvalue weighted by Gasteiger charge is 2.28. The maximum Gasteiger partial charge on any atom is 0.217 e. The number of halogens is 1. The zero-order valence-corrected chi connectivity index (χ0v) is 22.7. The third-order valence-electron chi connectivity index (χ3n) is 6.88. The van der Waals surface area contributed by atoms with E-state index in [9.17, 15) is 9.90 Å². The van der Waals surface area contributed by atoms with Crippen molar-refractivity contribution in [3.05, 3.63) is 46.8 Å². The van der Waals surface area contributed by atoms with Crippen LogP contribution in [0.2, 0.25) is 0 Å². The molecule has 1 aromatic heterocycles. The lowest BCUT2D eigenvalue weighted by atomic mass is 9.78. The van der Waals surface area contributed by atoms with E-state index < -0.39 is 0 Å². The molecule has 6 heteroatoms. The number of rotatable bonds is 6. The zero-order valence-electron chi connectivity index (χ0n) is 21.1. The molecule has 33 heavy (non-hydrogen) atoms. The minimum atomic E-state index is -0.272. The number of aromatic hydroxyl groups is 1. The topological polar surface area (TPSA) is 59.5 Å². The summed E-state index contributed by atoms with van der Waals surface area (Å²) in [6.07, 6.45) is 11.8. The molecule has 1 N–H and O–H groups in total. The quantitative estimate of drug-likeness (QED) is 0.435. The number of ketones is 1. The maximum atomic E-state index is 13.4. The van der Waals surface area contributed by atoms with Crippen LogP contribution in [-0.4, -0.2) is 20.0 Å². The van der Waals surface area contributed by atoms with Gasteiger partial charge in [-0.1, -0.05) is 73.6 Å². The molecule has 0 aliphatic heterocycles. The number of hydrogen-bond acceptors (Lipinski definition) is 3. The van der Waals surface area contributed by atoms with E-state index in [2.05, 4.69) is 66.3 Å². The Bertz CT molecular complexity index is 1010. The van der Waals surface area contributed by atoms with Gasteiger partial charge in [-0.05, 0) is 35.3 Å². The lowest BCUT2D eigenvalue weighted by Crippen LogP contribution is -2.28. The molecule has 0 saturated heterocycles. The summed E-state index contributed by atoms with van der Waals surface area (Å²) in [7, 11) is 0. The fourth-order valence-electron chi connectivity index (χ4n) is 4.84. The molecular weight excluding hydrogens is 478 g/mol. The van der Waals surface area contributed by atoms with Crippen LogP contribution in [0, 0.1) is 5.92 Å². The summed E-state index contributed by atoms with van der Waals surface area (Å²) in [4.78, 5) is 13.4. The number of aryl methyl sites for hydroxylation is 1. The van der Waals surface area contributed by atoms with Crippen molar-refractivity contribution in [3.8, 4) is 5.75 Å². The molecule has 1 aliphatic carbocycles. The van der Waals surface area contributed by atoms with Crippen molar-refractivity contribution >= 4 is 21.9 Å². The number of hydrogen-bond donors (Lipinski definition) is 1. The van der Waals surface area contributed by atoms with E-state index in [1.807, 2.05) is 29.1 Å². The van der Waals surface area contributed by atoms with Crippen molar-refractivity contribution in [1.82, 2.24) is 9.13 Å². The summed E-state index contributed by atoms with van der Waals surface area (Å²) in [5.41, 5.74) is 2.45. The minimum Gasteiger partial charge on any atom is -0.507 e. The first-order valence-corrected chi connectivity index (χ1v) is 12.9. The minimum absolute atomic E-state index is 0.0124. The standard InChI is InChI=1S/C27H40BrN3O2/c1-26(2,3)21-16-20(17-22(24(21)33)27(4,5)6)23(32)18-31-15-14-30(25(31)29-28)13-12-19-10-8-7-9-11-19/h14-17,19,33H,7-13,18H2,1-6H3/b29-25-. The monoisotopic (exact) mass is 517 g/mol. The Morgan fingerprint density at radius 3 is 2.06 bits per heavy atom. The number of imidazole rings is 1. The molecule has 0 amide bonds. The molecule has 182 valence electrons. The van der Waals surface area contributed by atoms with E-state index in [1.54, 1.807) is 0 Å². The molecule has 1 aliphatic rings. The molecule has 2 aromatic rings. The highest BCUT2D eigenvalue weighted by Crippen LogP contribution is 2.40. The fraction of sp³-hybridized carbons (Fsp3) is 0.630. The van der Waals surface area contributed by atoms with Gasteiger partial charge in [0.1, 0.15) is 5.75 Å². The first-order valence-electron chi connectivity index (χ1n) is 12.2. The molecule has 0 spiro atoms. The van der Waals surface area contributed by atoms with Crippen molar-refractivity contribution in [2.45, 2.75) is 104 Å². The van der Waals surface area contributed by atoms with Crippen LogP contribution in [0.1, 0.15) is 102 Å². The number of carbonyl (C=O) groups is 1. The van der Waals surface area contributed by atoms with Crippen LogP contribution < -0.4 is 5.62 Å². The first-order chi connectivity index (χ1) is 15.4. The molecule has 1 fully saturated rings. The zero-order chi connectivity index (χ0) is 24.4. The Balaban J connectivity index is 1.86. The molecule has 0 bridgehead atoms. The largest absolute Gasteiger partial charge is 0.507 e. The predicted molar refractivity (Wildman–Crippen MR) is 138 cm³/mol. The maximum absolute atomic E-state index is 13.4. The average molecular weight is 519 g/mol. The Hall–Kier alpha value is -1.82. The van der Waals surface area contributed by atoms with Gasteiger partial charge >= 0.3 is 0 Å². The number of phenols is 1. The molecule has 5 nitrogen and oxygen atoms in total. The normalized spacial score (nSPS) is 16.4. The van der Waals surface area contributed by atoms with Gasteiger partial charge in [0.05, 0.1) is 22.7 Å². The van der Waals surface area contributed by atoms with Gasteiger partial charge < -0.3 is 14.2 Å². The van der Waals surface area contributed by atoms with Crippen LogP contribution >= 0.6 is 16.1 Å². The number of nitrogens with zero attached hydrogens (tertiary/aromatic N) is 3. The van der Waals surface area contributed by atoms with Crippen LogP contribution in [0.5, 0.6) is 5.75 Å². The molecule has 1 aromatic carbocycles. The summed E-state index contributed by atoms with van der Waals surface area (Å²) < 4.78 is 8.35.